The highest BCUT2D eigenvalue weighted by atomic mass is 79.9. The number of amides is 1. The van der Waals surface area contributed by atoms with E-state index >= 15 is 0 Å². The summed E-state index contributed by atoms with van der Waals surface area (Å²) in [4.78, 5) is 12.1. The zero-order valence-electron chi connectivity index (χ0n) is 13.1. The summed E-state index contributed by atoms with van der Waals surface area (Å²) in [6.07, 6.45) is 0. The van der Waals surface area contributed by atoms with E-state index in [1.807, 2.05) is 44.3 Å². The molecule has 0 radical (unpaired) electrons. The van der Waals surface area contributed by atoms with E-state index in [1.165, 1.54) is 11.8 Å². The molecule has 8 heteroatoms. The van der Waals surface area contributed by atoms with Crippen LogP contribution in [0.15, 0.2) is 50.6 Å². The van der Waals surface area contributed by atoms with Gasteiger partial charge in [-0.25, -0.2) is 0 Å². The number of aryl methyl sites for hydroxylation is 1. The second-order valence-corrected chi connectivity index (χ2v) is 6.84. The van der Waals surface area contributed by atoms with Crippen molar-refractivity contribution in [1.82, 2.24) is 14.8 Å². The highest BCUT2D eigenvalue weighted by Gasteiger charge is 2.15. The molecule has 0 aliphatic carbocycles. The molecule has 0 saturated carbocycles. The molecule has 1 N–H and O–H groups in total. The molecule has 3 aromatic rings. The topological polar surface area (TPSA) is 73.0 Å². The first-order chi connectivity index (χ1) is 11.5. The number of carbonyl (C=O) groups is 1. The molecule has 0 saturated heterocycles. The molecule has 124 valence electrons. The molecule has 6 nitrogen and oxygen atoms in total. The summed E-state index contributed by atoms with van der Waals surface area (Å²) in [5, 5.41) is 11.8. The van der Waals surface area contributed by atoms with Gasteiger partial charge in [-0.2, -0.15) is 0 Å². The predicted molar refractivity (Wildman–Crippen MR) is 96.9 cm³/mol. The van der Waals surface area contributed by atoms with Crippen LogP contribution in [0.3, 0.4) is 0 Å². The molecule has 2 aromatic heterocycles. The summed E-state index contributed by atoms with van der Waals surface area (Å²) in [5.74, 6) is 1.40. The van der Waals surface area contributed by atoms with E-state index in [2.05, 4.69) is 31.4 Å². The Kier molecular flexibility index (Phi) is 5.06. The Morgan fingerprint density at radius 3 is 2.79 bits per heavy atom. The molecule has 0 unspecified atom stereocenters. The van der Waals surface area contributed by atoms with Crippen molar-refractivity contribution in [2.75, 3.05) is 11.1 Å². The molecular weight excluding hydrogens is 392 g/mol. The maximum absolute atomic E-state index is 12.1. The first kappa shape index (κ1) is 16.8. The number of halogens is 1. The smallest absolute Gasteiger partial charge is 0.234 e. The van der Waals surface area contributed by atoms with Gasteiger partial charge in [0.1, 0.15) is 0 Å². The summed E-state index contributed by atoms with van der Waals surface area (Å²) in [5.41, 5.74) is 1.85. The second kappa shape index (κ2) is 7.23. The molecule has 0 fully saturated rings. The Bertz CT molecular complexity index is 875. The fourth-order valence-corrected chi connectivity index (χ4v) is 3.14. The summed E-state index contributed by atoms with van der Waals surface area (Å²) in [6.45, 7) is 1.96. The minimum atomic E-state index is -0.0837. The van der Waals surface area contributed by atoms with E-state index in [1.54, 1.807) is 10.6 Å². The van der Waals surface area contributed by atoms with Crippen molar-refractivity contribution in [3.05, 3.63) is 46.6 Å². The van der Waals surface area contributed by atoms with E-state index in [4.69, 9.17) is 4.42 Å². The predicted octanol–water partition coefficient (Wildman–Crippen LogP) is 3.88. The number of aromatic nitrogens is 3. The van der Waals surface area contributed by atoms with Crippen molar-refractivity contribution in [3.8, 4) is 11.6 Å². The number of anilines is 1. The molecule has 0 aliphatic rings. The van der Waals surface area contributed by atoms with E-state index in [-0.39, 0.29) is 11.7 Å². The molecule has 0 atom stereocenters. The Hall–Kier alpha value is -2.06. The van der Waals surface area contributed by atoms with Crippen molar-refractivity contribution in [3.63, 3.8) is 0 Å². The van der Waals surface area contributed by atoms with Gasteiger partial charge >= 0.3 is 0 Å². The van der Waals surface area contributed by atoms with Crippen molar-refractivity contribution in [1.29, 1.82) is 0 Å². The minimum Gasteiger partial charge on any atom is -0.446 e. The van der Waals surface area contributed by atoms with Crippen LogP contribution in [-0.4, -0.2) is 26.4 Å². The Morgan fingerprint density at radius 2 is 2.08 bits per heavy atom. The number of para-hydroxylation sites is 1. The van der Waals surface area contributed by atoms with Crippen LogP contribution in [0, 0.1) is 6.92 Å². The average molecular weight is 407 g/mol. The number of hydrogen-bond donors (Lipinski definition) is 1. The highest BCUT2D eigenvalue weighted by molar-refractivity contribution is 9.10. The van der Waals surface area contributed by atoms with Crippen LogP contribution in [-0.2, 0) is 11.8 Å². The van der Waals surface area contributed by atoms with Crippen LogP contribution in [0.5, 0.6) is 0 Å². The first-order valence-electron chi connectivity index (χ1n) is 7.18. The lowest BCUT2D eigenvalue weighted by molar-refractivity contribution is -0.113. The van der Waals surface area contributed by atoms with Gasteiger partial charge in [0, 0.05) is 12.7 Å². The van der Waals surface area contributed by atoms with Gasteiger partial charge in [-0.15, -0.1) is 10.2 Å². The molecule has 1 aromatic carbocycles. The van der Waals surface area contributed by atoms with Crippen molar-refractivity contribution in [2.45, 2.75) is 12.1 Å². The standard InChI is InChI=1S/C16H15BrN4O2S/c1-10-5-3-4-6-11(10)18-14(22)9-24-16-20-19-15(21(16)2)12-7-8-13(17)23-12/h3-8H,9H2,1-2H3,(H,18,22). The van der Waals surface area contributed by atoms with Crippen LogP contribution < -0.4 is 5.32 Å². The summed E-state index contributed by atoms with van der Waals surface area (Å²) in [7, 11) is 1.84. The molecular formula is C16H15BrN4O2S. The first-order valence-corrected chi connectivity index (χ1v) is 8.96. The lowest BCUT2D eigenvalue weighted by Crippen LogP contribution is -2.15. The zero-order chi connectivity index (χ0) is 17.1. The number of rotatable bonds is 5. The maximum Gasteiger partial charge on any atom is 0.234 e. The number of nitrogens with zero attached hydrogens (tertiary/aromatic N) is 3. The van der Waals surface area contributed by atoms with Crippen molar-refractivity contribution in [2.24, 2.45) is 7.05 Å². The number of furan rings is 1. The Morgan fingerprint density at radius 1 is 1.29 bits per heavy atom. The fourth-order valence-electron chi connectivity index (χ4n) is 2.12. The van der Waals surface area contributed by atoms with Gasteiger partial charge in [0.2, 0.25) is 5.91 Å². The molecule has 2 heterocycles. The second-order valence-electron chi connectivity index (χ2n) is 5.12. The minimum absolute atomic E-state index is 0.0837. The molecule has 24 heavy (non-hydrogen) atoms. The normalized spacial score (nSPS) is 10.8. The van der Waals surface area contributed by atoms with Crippen LogP contribution >= 0.6 is 27.7 Å². The molecule has 3 rings (SSSR count). The molecule has 0 aliphatic heterocycles. The third-order valence-electron chi connectivity index (χ3n) is 3.38. The third kappa shape index (κ3) is 3.70. The fraction of sp³-hybridized carbons (Fsp3) is 0.188. The summed E-state index contributed by atoms with van der Waals surface area (Å²) in [6, 6.07) is 11.3. The zero-order valence-corrected chi connectivity index (χ0v) is 15.5. The van der Waals surface area contributed by atoms with E-state index in [9.17, 15) is 4.79 Å². The van der Waals surface area contributed by atoms with Crippen molar-refractivity contribution < 1.29 is 9.21 Å². The highest BCUT2D eigenvalue weighted by Crippen LogP contribution is 2.26. The number of thioether (sulfide) groups is 1. The quantitative estimate of drug-likeness (QED) is 0.650. The van der Waals surface area contributed by atoms with Gasteiger partial charge in [-0.05, 0) is 46.6 Å². The van der Waals surface area contributed by atoms with Gasteiger partial charge in [0.05, 0.1) is 5.75 Å². The van der Waals surface area contributed by atoms with Crippen LogP contribution in [0.1, 0.15) is 5.56 Å². The van der Waals surface area contributed by atoms with Gasteiger partial charge < -0.3 is 14.3 Å². The van der Waals surface area contributed by atoms with Crippen LogP contribution in [0.2, 0.25) is 0 Å². The molecule has 1 amide bonds. The number of nitrogens with one attached hydrogen (secondary N) is 1. The number of hydrogen-bond acceptors (Lipinski definition) is 5. The SMILES string of the molecule is Cc1ccccc1NC(=O)CSc1nnc(-c2ccc(Br)o2)n1C. The lowest BCUT2D eigenvalue weighted by atomic mass is 10.2. The molecule has 0 bridgehead atoms. The maximum atomic E-state index is 12.1. The monoisotopic (exact) mass is 406 g/mol. The third-order valence-corrected chi connectivity index (χ3v) is 4.83. The van der Waals surface area contributed by atoms with Crippen molar-refractivity contribution >= 4 is 39.3 Å². The van der Waals surface area contributed by atoms with Crippen LogP contribution in [0.25, 0.3) is 11.6 Å². The number of carbonyl (C=O) groups excluding carboxylic acids is 1. The Labute approximate surface area is 151 Å². The largest absolute Gasteiger partial charge is 0.446 e. The summed E-state index contributed by atoms with van der Waals surface area (Å²) < 4.78 is 7.92. The van der Waals surface area contributed by atoms with E-state index in [0.29, 0.717) is 21.4 Å². The Balaban J connectivity index is 1.64. The summed E-state index contributed by atoms with van der Waals surface area (Å²) >= 11 is 4.59. The van der Waals surface area contributed by atoms with Gasteiger partial charge in [-0.3, -0.25) is 4.79 Å². The lowest BCUT2D eigenvalue weighted by Gasteiger charge is -2.07. The van der Waals surface area contributed by atoms with E-state index in [0.717, 1.165) is 11.3 Å². The van der Waals surface area contributed by atoms with E-state index < -0.39 is 0 Å². The van der Waals surface area contributed by atoms with Gasteiger partial charge in [0.25, 0.3) is 0 Å². The van der Waals surface area contributed by atoms with Gasteiger partial charge in [-0.1, -0.05) is 30.0 Å². The van der Waals surface area contributed by atoms with Gasteiger partial charge in [0.15, 0.2) is 21.4 Å². The molecule has 0 spiro atoms. The number of benzene rings is 1. The average Bonchev–Trinajstić information content (AvgIpc) is 3.13. The van der Waals surface area contributed by atoms with Crippen LogP contribution in [0.4, 0.5) is 5.69 Å².